The second kappa shape index (κ2) is 6.69. The van der Waals surface area contributed by atoms with Gasteiger partial charge >= 0.3 is 5.97 Å². The Kier molecular flexibility index (Phi) is 4.02. The Bertz CT molecular complexity index is 1140. The first kappa shape index (κ1) is 16.8. The van der Waals surface area contributed by atoms with E-state index in [0.29, 0.717) is 28.6 Å². The van der Waals surface area contributed by atoms with Crippen molar-refractivity contribution in [3.05, 3.63) is 76.1 Å². The van der Waals surface area contributed by atoms with E-state index in [0.717, 1.165) is 10.0 Å². The monoisotopic (exact) mass is 437 g/mol. The molecule has 7 heteroatoms. The number of nitrogens with zero attached hydrogens (tertiary/aromatic N) is 1. The molecule has 1 aromatic heterocycles. The van der Waals surface area contributed by atoms with Crippen LogP contribution in [0.4, 0.5) is 0 Å². The van der Waals surface area contributed by atoms with Gasteiger partial charge in [-0.1, -0.05) is 28.1 Å². The van der Waals surface area contributed by atoms with Gasteiger partial charge in [0.1, 0.15) is 11.5 Å². The van der Waals surface area contributed by atoms with Gasteiger partial charge in [0.2, 0.25) is 12.7 Å². The number of fused-ring (bicyclic) bond motifs is 1. The maximum Gasteiger partial charge on any atom is 0.363 e. The fourth-order valence-corrected chi connectivity index (χ4v) is 3.16. The first-order valence-electron chi connectivity index (χ1n) is 8.44. The highest BCUT2D eigenvalue weighted by Gasteiger charge is 2.26. The van der Waals surface area contributed by atoms with Crippen LogP contribution in [0.5, 0.6) is 11.5 Å². The number of esters is 1. The molecule has 0 spiro atoms. The van der Waals surface area contributed by atoms with Gasteiger partial charge in [-0.05, 0) is 42.5 Å². The molecule has 2 aromatic carbocycles. The molecule has 0 radical (unpaired) electrons. The normalized spacial score (nSPS) is 16.4. The number of ether oxygens (including phenoxy) is 3. The number of rotatable bonds is 3. The van der Waals surface area contributed by atoms with Crippen molar-refractivity contribution >= 4 is 33.9 Å². The number of carbonyl (C=O) groups is 1. The van der Waals surface area contributed by atoms with E-state index < -0.39 is 5.97 Å². The lowest BCUT2D eigenvalue weighted by molar-refractivity contribution is -0.129. The Morgan fingerprint density at radius 3 is 2.57 bits per heavy atom. The van der Waals surface area contributed by atoms with Gasteiger partial charge in [0, 0.05) is 21.7 Å². The summed E-state index contributed by atoms with van der Waals surface area (Å²) in [7, 11) is 0. The molecule has 0 fully saturated rings. The minimum Gasteiger partial charge on any atom is -0.457 e. The molecule has 5 rings (SSSR count). The van der Waals surface area contributed by atoms with Crippen LogP contribution in [0.25, 0.3) is 17.4 Å². The van der Waals surface area contributed by atoms with Gasteiger partial charge in [-0.25, -0.2) is 9.79 Å². The Morgan fingerprint density at radius 2 is 1.71 bits per heavy atom. The first-order chi connectivity index (χ1) is 13.7. The molecule has 3 aromatic rings. The molecule has 0 N–H and O–H groups in total. The Labute approximate surface area is 168 Å². The van der Waals surface area contributed by atoms with Gasteiger partial charge < -0.3 is 18.6 Å². The van der Waals surface area contributed by atoms with Crippen molar-refractivity contribution in [2.24, 2.45) is 4.99 Å². The lowest BCUT2D eigenvalue weighted by atomic mass is 10.2. The lowest BCUT2D eigenvalue weighted by Gasteiger charge is -2.01. The van der Waals surface area contributed by atoms with Gasteiger partial charge in [-0.2, -0.15) is 0 Å². The van der Waals surface area contributed by atoms with Gasteiger partial charge in [-0.3, -0.25) is 0 Å². The molecule has 6 nitrogen and oxygen atoms in total. The summed E-state index contributed by atoms with van der Waals surface area (Å²) in [5.74, 6) is 2.15. The third kappa shape index (κ3) is 3.10. The van der Waals surface area contributed by atoms with Gasteiger partial charge in [0.25, 0.3) is 0 Å². The molecule has 0 bridgehead atoms. The van der Waals surface area contributed by atoms with Crippen LogP contribution in [-0.4, -0.2) is 18.7 Å². The molecule has 138 valence electrons. The van der Waals surface area contributed by atoms with Gasteiger partial charge in [0.15, 0.2) is 17.2 Å². The van der Waals surface area contributed by atoms with Crippen molar-refractivity contribution in [2.75, 3.05) is 6.79 Å². The summed E-state index contributed by atoms with van der Waals surface area (Å²) in [6.45, 7) is 0.176. The highest BCUT2D eigenvalue weighted by molar-refractivity contribution is 9.10. The van der Waals surface area contributed by atoms with Crippen LogP contribution in [0.1, 0.15) is 11.3 Å². The number of benzene rings is 2. The van der Waals surface area contributed by atoms with E-state index in [1.165, 1.54) is 0 Å². The van der Waals surface area contributed by atoms with Crippen LogP contribution in [0.3, 0.4) is 0 Å². The van der Waals surface area contributed by atoms with Crippen molar-refractivity contribution < 1.29 is 23.4 Å². The van der Waals surface area contributed by atoms with Crippen molar-refractivity contribution in [2.45, 2.75) is 0 Å². The Balaban J connectivity index is 1.42. The minimum absolute atomic E-state index is 0.171. The maximum atomic E-state index is 12.2. The fourth-order valence-electron chi connectivity index (χ4n) is 2.90. The summed E-state index contributed by atoms with van der Waals surface area (Å²) >= 11 is 3.41. The third-order valence-corrected chi connectivity index (χ3v) is 4.80. The van der Waals surface area contributed by atoms with Crippen molar-refractivity contribution in [3.63, 3.8) is 0 Å². The Hall–Kier alpha value is -3.32. The summed E-state index contributed by atoms with van der Waals surface area (Å²) in [4.78, 5) is 16.5. The number of hydrogen-bond acceptors (Lipinski definition) is 6. The van der Waals surface area contributed by atoms with Crippen LogP contribution in [0.15, 0.2) is 74.2 Å². The zero-order valence-electron chi connectivity index (χ0n) is 14.3. The van der Waals surface area contributed by atoms with E-state index in [1.54, 1.807) is 30.3 Å². The van der Waals surface area contributed by atoms with E-state index in [9.17, 15) is 4.79 Å². The largest absolute Gasteiger partial charge is 0.457 e. The molecule has 3 heterocycles. The van der Waals surface area contributed by atoms with E-state index in [2.05, 4.69) is 20.9 Å². The number of carbonyl (C=O) groups excluding carboxylic acids is 1. The summed E-state index contributed by atoms with van der Waals surface area (Å²) in [5, 5.41) is 0. The average Bonchev–Trinajstić information content (AvgIpc) is 3.43. The molecule has 0 amide bonds. The van der Waals surface area contributed by atoms with Gasteiger partial charge in [-0.15, -0.1) is 0 Å². The smallest absolute Gasteiger partial charge is 0.363 e. The molecule has 0 saturated carbocycles. The zero-order chi connectivity index (χ0) is 19.1. The van der Waals surface area contributed by atoms with Crippen molar-refractivity contribution in [3.8, 4) is 22.8 Å². The molecular weight excluding hydrogens is 426 g/mol. The quantitative estimate of drug-likeness (QED) is 0.435. The summed E-state index contributed by atoms with van der Waals surface area (Å²) in [5.41, 5.74) is 1.74. The highest BCUT2D eigenvalue weighted by atomic mass is 79.9. The molecule has 2 aliphatic rings. The van der Waals surface area contributed by atoms with E-state index >= 15 is 0 Å². The molecule has 0 aliphatic carbocycles. The number of aliphatic imine (C=N–C) groups is 1. The topological polar surface area (TPSA) is 70.3 Å². The standard InChI is InChI=1S/C21H12BrNO5/c22-14-4-1-12(2-5-14)17-8-6-15(27-17)10-16-21(24)28-20(23-16)13-3-7-18-19(9-13)26-11-25-18/h1-10H,11H2/b16-10-. The lowest BCUT2D eigenvalue weighted by Crippen LogP contribution is -2.05. The van der Waals surface area contributed by atoms with Crippen LogP contribution < -0.4 is 9.47 Å². The average molecular weight is 438 g/mol. The molecular formula is C21H12BrNO5. The number of furan rings is 1. The number of hydrogen-bond donors (Lipinski definition) is 0. The predicted octanol–water partition coefficient (Wildman–Crippen LogP) is 4.78. The van der Waals surface area contributed by atoms with Gasteiger partial charge in [0.05, 0.1) is 0 Å². The highest BCUT2D eigenvalue weighted by Crippen LogP contribution is 2.34. The van der Waals surface area contributed by atoms with Crippen LogP contribution >= 0.6 is 15.9 Å². The van der Waals surface area contributed by atoms with Crippen LogP contribution in [0, 0.1) is 0 Å². The number of cyclic esters (lactones) is 1. The maximum absolute atomic E-state index is 12.2. The molecule has 0 unspecified atom stereocenters. The molecule has 0 atom stereocenters. The predicted molar refractivity (Wildman–Crippen MR) is 105 cm³/mol. The third-order valence-electron chi connectivity index (χ3n) is 4.27. The first-order valence-corrected chi connectivity index (χ1v) is 9.23. The van der Waals surface area contributed by atoms with E-state index in [1.807, 2.05) is 30.3 Å². The van der Waals surface area contributed by atoms with Crippen molar-refractivity contribution in [1.29, 1.82) is 0 Å². The summed E-state index contributed by atoms with van der Waals surface area (Å²) in [6.07, 6.45) is 1.56. The minimum atomic E-state index is -0.533. The number of halogens is 1. The summed E-state index contributed by atoms with van der Waals surface area (Å²) in [6, 6.07) is 16.6. The van der Waals surface area contributed by atoms with E-state index in [-0.39, 0.29) is 18.4 Å². The Morgan fingerprint density at radius 1 is 0.929 bits per heavy atom. The van der Waals surface area contributed by atoms with Crippen LogP contribution in [-0.2, 0) is 9.53 Å². The SMILES string of the molecule is O=C1OC(c2ccc3c(c2)OCO3)=N/C1=C\c1ccc(-c2ccc(Br)cc2)o1. The fraction of sp³-hybridized carbons (Fsp3) is 0.0476. The second-order valence-corrected chi connectivity index (χ2v) is 7.03. The summed E-state index contributed by atoms with van der Waals surface area (Å²) < 4.78 is 22.7. The van der Waals surface area contributed by atoms with E-state index in [4.69, 9.17) is 18.6 Å². The van der Waals surface area contributed by atoms with Crippen molar-refractivity contribution in [1.82, 2.24) is 0 Å². The zero-order valence-corrected chi connectivity index (χ0v) is 15.9. The second-order valence-electron chi connectivity index (χ2n) is 6.11. The molecule has 0 saturated heterocycles. The molecule has 2 aliphatic heterocycles. The molecule has 28 heavy (non-hydrogen) atoms. The van der Waals surface area contributed by atoms with Crippen LogP contribution in [0.2, 0.25) is 0 Å².